The molecule has 0 bridgehead atoms. The van der Waals surface area contributed by atoms with Crippen LogP contribution in [0.4, 0.5) is 0 Å². The Morgan fingerprint density at radius 1 is 1.11 bits per heavy atom. The predicted molar refractivity (Wildman–Crippen MR) is 77.4 cm³/mol. The average molecular weight is 301 g/mol. The molecule has 0 saturated carbocycles. The van der Waals surface area contributed by atoms with Gasteiger partial charge in [-0.15, -0.1) is 11.6 Å². The molecular formula is C13H17ClN2O2S. The molecule has 1 N–H and O–H groups in total. The van der Waals surface area contributed by atoms with E-state index in [0.29, 0.717) is 28.7 Å². The SMILES string of the molecule is O=S1(=O)NC(=NCCCCCCCl)c2ccccc21. The van der Waals surface area contributed by atoms with Crippen LogP contribution in [0.5, 0.6) is 0 Å². The van der Waals surface area contributed by atoms with Gasteiger partial charge in [0.2, 0.25) is 0 Å². The van der Waals surface area contributed by atoms with Gasteiger partial charge in [0.15, 0.2) is 0 Å². The number of nitrogens with zero attached hydrogens (tertiary/aromatic N) is 1. The quantitative estimate of drug-likeness (QED) is 0.648. The highest BCUT2D eigenvalue weighted by Gasteiger charge is 2.29. The maximum Gasteiger partial charge on any atom is 0.263 e. The fourth-order valence-corrected chi connectivity index (χ4v) is 3.44. The summed E-state index contributed by atoms with van der Waals surface area (Å²) in [5, 5.41) is 0. The Hall–Kier alpha value is -1.07. The Bertz CT molecular complexity index is 570. The minimum absolute atomic E-state index is 0.316. The van der Waals surface area contributed by atoms with Gasteiger partial charge < -0.3 is 0 Å². The van der Waals surface area contributed by atoms with E-state index in [4.69, 9.17) is 11.6 Å². The van der Waals surface area contributed by atoms with Gasteiger partial charge in [-0.25, -0.2) is 8.42 Å². The topological polar surface area (TPSA) is 58.5 Å². The minimum atomic E-state index is -3.40. The second kappa shape index (κ2) is 6.39. The van der Waals surface area contributed by atoms with Crippen molar-refractivity contribution in [1.29, 1.82) is 0 Å². The summed E-state index contributed by atoms with van der Waals surface area (Å²) in [6.07, 6.45) is 4.13. The van der Waals surface area contributed by atoms with Crippen molar-refractivity contribution in [3.05, 3.63) is 29.8 Å². The zero-order valence-electron chi connectivity index (χ0n) is 10.6. The number of aliphatic imine (C=N–C) groups is 1. The molecule has 104 valence electrons. The molecule has 0 amide bonds. The van der Waals surface area contributed by atoms with Gasteiger partial charge in [0, 0.05) is 18.0 Å². The van der Waals surface area contributed by atoms with Crippen molar-refractivity contribution < 1.29 is 8.42 Å². The maximum absolute atomic E-state index is 11.8. The molecule has 0 unspecified atom stereocenters. The molecule has 0 aromatic heterocycles. The number of fused-ring (bicyclic) bond motifs is 1. The molecule has 1 aliphatic rings. The van der Waals surface area contributed by atoms with Crippen LogP contribution in [0.2, 0.25) is 0 Å². The highest BCUT2D eigenvalue weighted by molar-refractivity contribution is 7.90. The first-order valence-corrected chi connectivity index (χ1v) is 8.39. The lowest BCUT2D eigenvalue weighted by Crippen LogP contribution is -2.22. The Labute approximate surface area is 118 Å². The summed E-state index contributed by atoms with van der Waals surface area (Å²) in [5.41, 5.74) is 0.670. The molecular weight excluding hydrogens is 284 g/mol. The van der Waals surface area contributed by atoms with E-state index in [2.05, 4.69) is 9.71 Å². The van der Waals surface area contributed by atoms with Crippen LogP contribution < -0.4 is 4.72 Å². The Morgan fingerprint density at radius 2 is 1.84 bits per heavy atom. The summed E-state index contributed by atoms with van der Waals surface area (Å²) in [5.74, 6) is 1.16. The third-order valence-electron chi connectivity index (χ3n) is 2.97. The first-order chi connectivity index (χ1) is 9.15. The molecule has 1 aromatic carbocycles. The van der Waals surface area contributed by atoms with Crippen molar-refractivity contribution in [1.82, 2.24) is 4.72 Å². The van der Waals surface area contributed by atoms with E-state index in [1.807, 2.05) is 6.07 Å². The molecule has 0 radical (unpaired) electrons. The minimum Gasteiger partial charge on any atom is -0.267 e. The molecule has 0 atom stereocenters. The molecule has 4 nitrogen and oxygen atoms in total. The van der Waals surface area contributed by atoms with Crippen LogP contribution >= 0.6 is 11.6 Å². The molecule has 2 rings (SSSR count). The summed E-state index contributed by atoms with van der Waals surface area (Å²) in [4.78, 5) is 4.67. The van der Waals surface area contributed by atoms with Gasteiger partial charge in [-0.05, 0) is 25.0 Å². The van der Waals surface area contributed by atoms with Crippen LogP contribution in [0.3, 0.4) is 0 Å². The Kier molecular flexibility index (Phi) is 4.82. The van der Waals surface area contributed by atoms with Crippen molar-refractivity contribution in [2.24, 2.45) is 4.99 Å². The number of unbranched alkanes of at least 4 members (excludes halogenated alkanes) is 3. The number of alkyl halides is 1. The summed E-state index contributed by atoms with van der Waals surface area (Å²) in [6.45, 7) is 0.633. The van der Waals surface area contributed by atoms with Crippen LogP contribution in [0.1, 0.15) is 31.2 Å². The zero-order valence-corrected chi connectivity index (χ0v) is 12.2. The summed E-state index contributed by atoms with van der Waals surface area (Å²) in [6, 6.07) is 6.91. The lowest BCUT2D eigenvalue weighted by Gasteiger charge is -1.99. The molecule has 19 heavy (non-hydrogen) atoms. The van der Waals surface area contributed by atoms with E-state index in [1.165, 1.54) is 0 Å². The van der Waals surface area contributed by atoms with E-state index in [-0.39, 0.29) is 0 Å². The molecule has 0 aliphatic carbocycles. The van der Waals surface area contributed by atoms with E-state index in [1.54, 1.807) is 18.2 Å². The maximum atomic E-state index is 11.8. The Balaban J connectivity index is 1.99. The van der Waals surface area contributed by atoms with Crippen LogP contribution in [-0.4, -0.2) is 26.7 Å². The third kappa shape index (κ3) is 3.48. The van der Waals surface area contributed by atoms with Crippen LogP contribution in [0.25, 0.3) is 0 Å². The zero-order chi connectivity index (χ0) is 13.7. The van der Waals surface area contributed by atoms with Gasteiger partial charge in [0.05, 0.1) is 4.90 Å². The van der Waals surface area contributed by atoms with Crippen molar-refractivity contribution in [2.75, 3.05) is 12.4 Å². The van der Waals surface area contributed by atoms with E-state index < -0.39 is 10.0 Å². The van der Waals surface area contributed by atoms with Gasteiger partial charge in [-0.2, -0.15) is 0 Å². The number of nitrogens with one attached hydrogen (secondary N) is 1. The highest BCUT2D eigenvalue weighted by Crippen LogP contribution is 2.22. The molecule has 0 fully saturated rings. The smallest absolute Gasteiger partial charge is 0.263 e. The first kappa shape index (κ1) is 14.3. The molecule has 1 aliphatic heterocycles. The van der Waals surface area contributed by atoms with Gasteiger partial charge >= 0.3 is 0 Å². The van der Waals surface area contributed by atoms with Gasteiger partial charge in [-0.1, -0.05) is 25.0 Å². The van der Waals surface area contributed by atoms with Crippen LogP contribution in [0, 0.1) is 0 Å². The van der Waals surface area contributed by atoms with Gasteiger partial charge in [-0.3, -0.25) is 9.71 Å². The van der Waals surface area contributed by atoms with Gasteiger partial charge in [0.25, 0.3) is 10.0 Å². The molecule has 1 aromatic rings. The van der Waals surface area contributed by atoms with Crippen LogP contribution in [-0.2, 0) is 10.0 Å². The first-order valence-electron chi connectivity index (χ1n) is 6.38. The van der Waals surface area contributed by atoms with Crippen molar-refractivity contribution in [3.63, 3.8) is 0 Å². The standard InChI is InChI=1S/C13H17ClN2O2S/c14-9-5-1-2-6-10-15-13-11-7-3-4-8-12(11)19(17,18)16-13/h3-4,7-8H,1-2,5-6,9-10H2,(H,15,16). The monoisotopic (exact) mass is 300 g/mol. The molecule has 6 heteroatoms. The van der Waals surface area contributed by atoms with E-state index in [9.17, 15) is 8.42 Å². The third-order valence-corrected chi connectivity index (χ3v) is 4.64. The Morgan fingerprint density at radius 3 is 2.63 bits per heavy atom. The van der Waals surface area contributed by atoms with E-state index in [0.717, 1.165) is 25.7 Å². The summed E-state index contributed by atoms with van der Waals surface area (Å²) >= 11 is 5.60. The highest BCUT2D eigenvalue weighted by atomic mass is 35.5. The molecule has 1 heterocycles. The number of amidine groups is 1. The van der Waals surface area contributed by atoms with E-state index >= 15 is 0 Å². The number of rotatable bonds is 6. The van der Waals surface area contributed by atoms with Crippen molar-refractivity contribution in [2.45, 2.75) is 30.6 Å². The lowest BCUT2D eigenvalue weighted by molar-refractivity contribution is 0.595. The normalized spacial score (nSPS) is 18.3. The number of hydrogen-bond acceptors (Lipinski definition) is 3. The summed E-state index contributed by atoms with van der Waals surface area (Å²) < 4.78 is 26.2. The van der Waals surface area contributed by atoms with Crippen LogP contribution in [0.15, 0.2) is 34.2 Å². The second-order valence-corrected chi connectivity index (χ2v) is 6.46. The fraction of sp³-hybridized carbons (Fsp3) is 0.462. The average Bonchev–Trinajstić information content (AvgIpc) is 2.66. The number of hydrogen-bond donors (Lipinski definition) is 1. The fourth-order valence-electron chi connectivity index (χ4n) is 2.00. The largest absolute Gasteiger partial charge is 0.267 e. The predicted octanol–water partition coefficient (Wildman–Crippen LogP) is 2.52. The molecule has 0 spiro atoms. The van der Waals surface area contributed by atoms with Crippen molar-refractivity contribution in [3.8, 4) is 0 Å². The second-order valence-electron chi connectivity index (χ2n) is 4.44. The lowest BCUT2D eigenvalue weighted by atomic mass is 10.2. The number of benzene rings is 1. The summed E-state index contributed by atoms with van der Waals surface area (Å²) in [7, 11) is -3.40. The molecule has 0 saturated heterocycles. The number of halogens is 1. The van der Waals surface area contributed by atoms with Crippen molar-refractivity contribution >= 4 is 27.5 Å². The number of sulfonamides is 1. The van der Waals surface area contributed by atoms with Gasteiger partial charge in [0.1, 0.15) is 5.84 Å².